The van der Waals surface area contributed by atoms with Crippen LogP contribution >= 0.6 is 0 Å². The zero-order valence-corrected chi connectivity index (χ0v) is 16.8. The molecule has 1 saturated heterocycles. The summed E-state index contributed by atoms with van der Waals surface area (Å²) in [7, 11) is 0. The number of benzene rings is 2. The summed E-state index contributed by atoms with van der Waals surface area (Å²) in [6.07, 6.45) is 1.44. The molecule has 0 aromatic heterocycles. The largest absolute Gasteiger partial charge is 0.350 e. The smallest absolute Gasteiger partial charge is 0.256 e. The highest BCUT2D eigenvalue weighted by atomic mass is 16.2. The molecule has 150 valence electrons. The zero-order chi connectivity index (χ0) is 20.5. The number of nitrogens with zero attached hydrogens (tertiary/aromatic N) is 2. The summed E-state index contributed by atoms with van der Waals surface area (Å²) in [5.74, 6) is -0.538. The molecule has 0 spiro atoms. The summed E-state index contributed by atoms with van der Waals surface area (Å²) < 4.78 is 0. The van der Waals surface area contributed by atoms with Gasteiger partial charge in [-0.05, 0) is 43.9 Å². The maximum Gasteiger partial charge on any atom is 0.256 e. The van der Waals surface area contributed by atoms with Crippen molar-refractivity contribution in [1.29, 1.82) is 0 Å². The molecule has 0 bridgehead atoms. The van der Waals surface area contributed by atoms with E-state index in [0.717, 1.165) is 23.1 Å². The first-order valence-corrected chi connectivity index (χ1v) is 10.00. The lowest BCUT2D eigenvalue weighted by molar-refractivity contribution is -0.125. The average Bonchev–Trinajstić information content (AvgIpc) is 3.18. The van der Waals surface area contributed by atoms with Gasteiger partial charge in [-0.25, -0.2) is 0 Å². The predicted octanol–water partition coefficient (Wildman–Crippen LogP) is 2.57. The van der Waals surface area contributed by atoms with Crippen LogP contribution in [0.3, 0.4) is 0 Å². The number of amides is 3. The Morgan fingerprint density at radius 3 is 2.62 bits per heavy atom. The second-order valence-electron chi connectivity index (χ2n) is 7.81. The van der Waals surface area contributed by atoms with Gasteiger partial charge in [-0.1, -0.05) is 42.0 Å². The zero-order valence-electron chi connectivity index (χ0n) is 16.8. The first-order chi connectivity index (χ1) is 14.0. The molecule has 1 fully saturated rings. The molecule has 1 N–H and O–H groups in total. The van der Waals surface area contributed by atoms with Gasteiger partial charge in [0.05, 0.1) is 11.3 Å². The Morgan fingerprint density at radius 1 is 1.10 bits per heavy atom. The normalized spacial score (nSPS) is 18.3. The molecule has 2 heterocycles. The third-order valence-corrected chi connectivity index (χ3v) is 5.71. The molecule has 2 aromatic rings. The number of fused-ring (bicyclic) bond motifs is 2. The Bertz CT molecular complexity index is 968. The van der Waals surface area contributed by atoms with E-state index in [0.29, 0.717) is 30.8 Å². The minimum absolute atomic E-state index is 0.0971. The van der Waals surface area contributed by atoms with E-state index in [4.69, 9.17) is 0 Å². The number of carbonyl (C=O) groups excluding carboxylic acids is 3. The Balaban J connectivity index is 1.58. The Kier molecular flexibility index (Phi) is 5.09. The van der Waals surface area contributed by atoms with E-state index >= 15 is 0 Å². The lowest BCUT2D eigenvalue weighted by Gasteiger charge is -2.26. The van der Waals surface area contributed by atoms with E-state index < -0.39 is 6.04 Å². The van der Waals surface area contributed by atoms with Crippen LogP contribution in [0, 0.1) is 13.8 Å². The number of carbonyl (C=O) groups is 3. The summed E-state index contributed by atoms with van der Waals surface area (Å²) in [5.41, 5.74) is 4.03. The number of anilines is 1. The minimum Gasteiger partial charge on any atom is -0.350 e. The van der Waals surface area contributed by atoms with Gasteiger partial charge in [0.15, 0.2) is 0 Å². The fraction of sp³-hybridized carbons (Fsp3) is 0.348. The van der Waals surface area contributed by atoms with Crippen LogP contribution in [0.5, 0.6) is 0 Å². The van der Waals surface area contributed by atoms with Crippen molar-refractivity contribution in [3.8, 4) is 0 Å². The van der Waals surface area contributed by atoms with Gasteiger partial charge in [-0.2, -0.15) is 0 Å². The predicted molar refractivity (Wildman–Crippen MR) is 111 cm³/mol. The first-order valence-electron chi connectivity index (χ1n) is 10.00. The molecule has 2 aliphatic rings. The molecule has 0 saturated carbocycles. The Labute approximate surface area is 170 Å². The van der Waals surface area contributed by atoms with E-state index in [-0.39, 0.29) is 24.3 Å². The molecule has 4 rings (SSSR count). The van der Waals surface area contributed by atoms with Crippen LogP contribution in [-0.4, -0.2) is 41.8 Å². The molecule has 0 radical (unpaired) electrons. The fourth-order valence-electron chi connectivity index (χ4n) is 4.16. The van der Waals surface area contributed by atoms with Crippen molar-refractivity contribution in [3.63, 3.8) is 0 Å². The van der Waals surface area contributed by atoms with E-state index in [2.05, 4.69) is 5.32 Å². The summed E-state index contributed by atoms with van der Waals surface area (Å²) in [4.78, 5) is 42.2. The molecule has 2 aromatic carbocycles. The van der Waals surface area contributed by atoms with Crippen LogP contribution < -0.4 is 10.2 Å². The fourth-order valence-corrected chi connectivity index (χ4v) is 4.16. The summed E-state index contributed by atoms with van der Waals surface area (Å²) in [6.45, 7) is 4.76. The van der Waals surface area contributed by atoms with Gasteiger partial charge in [-0.15, -0.1) is 0 Å². The molecule has 0 aliphatic carbocycles. The van der Waals surface area contributed by atoms with Gasteiger partial charge in [0.25, 0.3) is 5.91 Å². The molecule has 0 unspecified atom stereocenters. The maximum atomic E-state index is 13.3. The standard InChI is InChI=1S/C23H25N3O3/c1-15-8-10-17(11-9-15)13-24-20(27)14-26-21-16(2)5-3-6-18(21)22(28)25-12-4-7-19(25)23(26)29/h3,5-6,8-11,19H,4,7,12-14H2,1-2H3,(H,24,27)/t19-/m0/s1. The number of hydrogen-bond donors (Lipinski definition) is 1. The third kappa shape index (κ3) is 3.62. The van der Waals surface area contributed by atoms with E-state index in [1.54, 1.807) is 11.0 Å². The molecule has 29 heavy (non-hydrogen) atoms. The van der Waals surface area contributed by atoms with Crippen molar-refractivity contribution in [2.45, 2.75) is 39.3 Å². The van der Waals surface area contributed by atoms with Crippen LogP contribution in [0.2, 0.25) is 0 Å². The Hall–Kier alpha value is -3.15. The highest BCUT2D eigenvalue weighted by molar-refractivity contribution is 6.13. The van der Waals surface area contributed by atoms with Gasteiger partial charge >= 0.3 is 0 Å². The number of rotatable bonds is 4. The molecular formula is C23H25N3O3. The van der Waals surface area contributed by atoms with Crippen molar-refractivity contribution in [3.05, 3.63) is 64.7 Å². The topological polar surface area (TPSA) is 69.7 Å². The van der Waals surface area contributed by atoms with Gasteiger partial charge in [0.1, 0.15) is 12.6 Å². The van der Waals surface area contributed by atoms with Crippen molar-refractivity contribution in [2.75, 3.05) is 18.0 Å². The van der Waals surface area contributed by atoms with Crippen LogP contribution in [0.15, 0.2) is 42.5 Å². The molecule has 3 amide bonds. The first kappa shape index (κ1) is 19.2. The number of aryl methyl sites for hydroxylation is 2. The van der Waals surface area contributed by atoms with Crippen LogP contribution in [-0.2, 0) is 16.1 Å². The SMILES string of the molecule is Cc1ccc(CNC(=O)CN2C(=O)[C@@H]3CCCN3C(=O)c3cccc(C)c32)cc1. The number of hydrogen-bond acceptors (Lipinski definition) is 3. The average molecular weight is 391 g/mol. The van der Waals surface area contributed by atoms with E-state index in [1.807, 2.05) is 50.2 Å². The molecular weight excluding hydrogens is 366 g/mol. The minimum atomic E-state index is -0.487. The van der Waals surface area contributed by atoms with Crippen molar-refractivity contribution in [1.82, 2.24) is 10.2 Å². The van der Waals surface area contributed by atoms with Crippen LogP contribution in [0.25, 0.3) is 0 Å². The van der Waals surface area contributed by atoms with Crippen LogP contribution in [0.1, 0.15) is 39.9 Å². The summed E-state index contributed by atoms with van der Waals surface area (Å²) >= 11 is 0. The van der Waals surface area contributed by atoms with Gasteiger partial charge in [-0.3, -0.25) is 14.4 Å². The van der Waals surface area contributed by atoms with Crippen LogP contribution in [0.4, 0.5) is 5.69 Å². The number of para-hydroxylation sites is 1. The third-order valence-electron chi connectivity index (χ3n) is 5.71. The van der Waals surface area contributed by atoms with Crippen molar-refractivity contribution in [2.24, 2.45) is 0 Å². The molecule has 1 atom stereocenters. The highest BCUT2D eigenvalue weighted by Crippen LogP contribution is 2.34. The molecule has 2 aliphatic heterocycles. The summed E-state index contributed by atoms with van der Waals surface area (Å²) in [6, 6.07) is 12.9. The second kappa shape index (κ2) is 7.70. The van der Waals surface area contributed by atoms with Gasteiger partial charge < -0.3 is 15.1 Å². The van der Waals surface area contributed by atoms with Gasteiger partial charge in [0.2, 0.25) is 11.8 Å². The van der Waals surface area contributed by atoms with E-state index in [1.165, 1.54) is 4.90 Å². The van der Waals surface area contributed by atoms with Crippen molar-refractivity contribution >= 4 is 23.4 Å². The number of nitrogens with one attached hydrogen (secondary N) is 1. The lowest BCUT2D eigenvalue weighted by atomic mass is 10.1. The van der Waals surface area contributed by atoms with Gasteiger partial charge in [0, 0.05) is 13.1 Å². The van der Waals surface area contributed by atoms with Crippen molar-refractivity contribution < 1.29 is 14.4 Å². The van der Waals surface area contributed by atoms with E-state index in [9.17, 15) is 14.4 Å². The quantitative estimate of drug-likeness (QED) is 0.871. The maximum absolute atomic E-state index is 13.3. The second-order valence-corrected chi connectivity index (χ2v) is 7.81. The molecule has 6 heteroatoms. The molecule has 6 nitrogen and oxygen atoms in total. The summed E-state index contributed by atoms with van der Waals surface area (Å²) in [5, 5.41) is 2.90. The highest BCUT2D eigenvalue weighted by Gasteiger charge is 2.42. The lowest BCUT2D eigenvalue weighted by Crippen LogP contribution is -2.48. The Morgan fingerprint density at radius 2 is 1.86 bits per heavy atom. The monoisotopic (exact) mass is 391 g/mol.